The molecule has 0 aromatic rings. The van der Waals surface area contributed by atoms with Gasteiger partial charge in [-0.05, 0) is 76.7 Å². The fraction of sp³-hybridized carbons (Fsp3) is 1.00. The van der Waals surface area contributed by atoms with Crippen LogP contribution in [0.4, 0.5) is 0 Å². The van der Waals surface area contributed by atoms with Gasteiger partial charge in [-0.15, -0.1) is 0 Å². The number of rotatable bonds is 6. The van der Waals surface area contributed by atoms with E-state index < -0.39 is 9.84 Å². The minimum atomic E-state index is -3.08. The van der Waals surface area contributed by atoms with E-state index in [1.54, 1.807) is 0 Å². The van der Waals surface area contributed by atoms with Crippen molar-refractivity contribution in [3.8, 4) is 0 Å². The second-order valence-corrected chi connectivity index (χ2v) is 14.2. The zero-order valence-corrected chi connectivity index (χ0v) is 20.8. The SMILES string of the molecule is CC(C)N1CCC(C(C)(C)CCC(C)(C)N2CCC(C(C)(C)C)C2)S(=O)(=O)C1. The number of sulfone groups is 1. The topological polar surface area (TPSA) is 40.6 Å². The summed E-state index contributed by atoms with van der Waals surface area (Å²) in [7, 11) is -3.08. The minimum absolute atomic E-state index is 0.125. The van der Waals surface area contributed by atoms with E-state index in [1.165, 1.54) is 19.5 Å². The van der Waals surface area contributed by atoms with Gasteiger partial charge in [0.1, 0.15) is 5.88 Å². The van der Waals surface area contributed by atoms with E-state index in [9.17, 15) is 8.42 Å². The molecule has 2 unspecified atom stereocenters. The highest BCUT2D eigenvalue weighted by molar-refractivity contribution is 7.92. The Bertz CT molecular complexity index is 631. The van der Waals surface area contributed by atoms with E-state index in [2.05, 4.69) is 72.1 Å². The molecule has 166 valence electrons. The Morgan fingerprint density at radius 2 is 1.54 bits per heavy atom. The van der Waals surface area contributed by atoms with Gasteiger partial charge in [-0.25, -0.2) is 8.42 Å². The maximum atomic E-state index is 13.0. The first-order valence-electron chi connectivity index (χ1n) is 11.3. The summed E-state index contributed by atoms with van der Waals surface area (Å²) in [6.45, 7) is 23.5. The van der Waals surface area contributed by atoms with Gasteiger partial charge in [0.15, 0.2) is 9.84 Å². The summed E-state index contributed by atoms with van der Waals surface area (Å²) in [5.41, 5.74) is 0.310. The van der Waals surface area contributed by atoms with Crippen molar-refractivity contribution in [2.45, 2.75) is 105 Å². The Morgan fingerprint density at radius 3 is 2.00 bits per heavy atom. The molecule has 4 nitrogen and oxygen atoms in total. The van der Waals surface area contributed by atoms with E-state index in [1.807, 2.05) is 0 Å². The molecule has 0 aromatic carbocycles. The fourth-order valence-corrected chi connectivity index (χ4v) is 7.72. The van der Waals surface area contributed by atoms with Crippen molar-refractivity contribution in [1.82, 2.24) is 9.80 Å². The van der Waals surface area contributed by atoms with Crippen LogP contribution in [0.25, 0.3) is 0 Å². The maximum Gasteiger partial charge on any atom is 0.166 e. The van der Waals surface area contributed by atoms with Crippen LogP contribution in [0.1, 0.15) is 88.0 Å². The monoisotopic (exact) mass is 414 g/mol. The van der Waals surface area contributed by atoms with Crippen molar-refractivity contribution < 1.29 is 8.42 Å². The lowest BCUT2D eigenvalue weighted by atomic mass is 9.78. The van der Waals surface area contributed by atoms with Gasteiger partial charge >= 0.3 is 0 Å². The summed E-state index contributed by atoms with van der Waals surface area (Å²) in [5, 5.41) is -0.216. The molecule has 28 heavy (non-hydrogen) atoms. The van der Waals surface area contributed by atoms with Crippen molar-refractivity contribution in [3.63, 3.8) is 0 Å². The molecule has 0 aliphatic carbocycles. The molecule has 2 atom stereocenters. The third kappa shape index (κ3) is 5.51. The first-order valence-corrected chi connectivity index (χ1v) is 13.0. The van der Waals surface area contributed by atoms with E-state index >= 15 is 0 Å². The van der Waals surface area contributed by atoms with Crippen LogP contribution in [0.3, 0.4) is 0 Å². The summed E-state index contributed by atoms with van der Waals surface area (Å²) in [6, 6.07) is 0.295. The zero-order valence-electron chi connectivity index (χ0n) is 20.0. The van der Waals surface area contributed by atoms with E-state index in [-0.39, 0.29) is 22.1 Å². The smallest absolute Gasteiger partial charge is 0.166 e. The average molecular weight is 415 g/mol. The van der Waals surface area contributed by atoms with Gasteiger partial charge in [0, 0.05) is 24.7 Å². The normalized spacial score (nSPS) is 28.2. The predicted molar refractivity (Wildman–Crippen MR) is 120 cm³/mol. The Morgan fingerprint density at radius 1 is 0.929 bits per heavy atom. The van der Waals surface area contributed by atoms with Crippen molar-refractivity contribution in [3.05, 3.63) is 0 Å². The van der Waals surface area contributed by atoms with Gasteiger partial charge in [-0.1, -0.05) is 34.6 Å². The zero-order chi connectivity index (χ0) is 21.5. The Kier molecular flexibility index (Phi) is 7.06. The summed E-state index contributed by atoms with van der Waals surface area (Å²) < 4.78 is 26.1. The van der Waals surface area contributed by atoms with Crippen molar-refractivity contribution >= 4 is 9.84 Å². The predicted octanol–water partition coefficient (Wildman–Crippen LogP) is 4.79. The molecule has 2 heterocycles. The highest BCUT2D eigenvalue weighted by atomic mass is 32.2. The van der Waals surface area contributed by atoms with E-state index in [0.29, 0.717) is 11.5 Å². The maximum absolute atomic E-state index is 13.0. The molecule has 2 fully saturated rings. The molecule has 0 aromatic heterocycles. The molecular formula is C23H46N2O2S. The van der Waals surface area contributed by atoms with Gasteiger partial charge in [-0.2, -0.15) is 0 Å². The van der Waals surface area contributed by atoms with Crippen LogP contribution in [0.5, 0.6) is 0 Å². The van der Waals surface area contributed by atoms with Crippen LogP contribution in [0, 0.1) is 16.7 Å². The van der Waals surface area contributed by atoms with Crippen molar-refractivity contribution in [2.75, 3.05) is 25.5 Å². The third-order valence-corrected chi connectivity index (χ3v) is 10.1. The molecule has 5 heteroatoms. The van der Waals surface area contributed by atoms with Crippen LogP contribution in [-0.4, -0.2) is 60.6 Å². The molecule has 0 radical (unpaired) electrons. The van der Waals surface area contributed by atoms with Gasteiger partial charge in [0.25, 0.3) is 0 Å². The Hall–Kier alpha value is -0.130. The highest BCUT2D eigenvalue weighted by Gasteiger charge is 2.45. The molecule has 2 aliphatic rings. The molecule has 2 saturated heterocycles. The number of hydrogen-bond donors (Lipinski definition) is 0. The minimum Gasteiger partial charge on any atom is -0.298 e. The first kappa shape index (κ1) is 24.1. The average Bonchev–Trinajstić information content (AvgIpc) is 3.03. The second kappa shape index (κ2) is 8.19. The van der Waals surface area contributed by atoms with Gasteiger partial charge in [-0.3, -0.25) is 9.80 Å². The lowest BCUT2D eigenvalue weighted by Gasteiger charge is -2.44. The standard InChI is InChI=1S/C23H46N2O2S/c1-18(2)24-14-11-20(28(26,27)17-24)22(6,7)12-13-23(8,9)25-15-10-19(16-25)21(3,4)5/h18-20H,10-17H2,1-9H3. The van der Waals surface area contributed by atoms with Gasteiger partial charge in [0.05, 0.1) is 5.25 Å². The third-order valence-electron chi connectivity index (χ3n) is 7.71. The molecule has 0 bridgehead atoms. The van der Waals surface area contributed by atoms with Crippen molar-refractivity contribution in [1.29, 1.82) is 0 Å². The van der Waals surface area contributed by atoms with Crippen LogP contribution in [0.2, 0.25) is 0 Å². The van der Waals surface area contributed by atoms with Crippen LogP contribution in [0.15, 0.2) is 0 Å². The number of hydrogen-bond acceptors (Lipinski definition) is 4. The summed E-state index contributed by atoms with van der Waals surface area (Å²) >= 11 is 0. The summed E-state index contributed by atoms with van der Waals surface area (Å²) in [5.74, 6) is 0.974. The lowest BCUT2D eigenvalue weighted by Crippen LogP contribution is -2.51. The van der Waals surface area contributed by atoms with Gasteiger partial charge in [0.2, 0.25) is 0 Å². The van der Waals surface area contributed by atoms with Crippen LogP contribution in [-0.2, 0) is 9.84 Å². The quantitative estimate of drug-likeness (QED) is 0.626. The summed E-state index contributed by atoms with van der Waals surface area (Å²) in [4.78, 5) is 4.75. The van der Waals surface area contributed by atoms with E-state index in [0.717, 1.165) is 31.7 Å². The molecular weight excluding hydrogens is 368 g/mol. The number of likely N-dealkylation sites (tertiary alicyclic amines) is 1. The Balaban J connectivity index is 2.00. The van der Waals surface area contributed by atoms with Crippen LogP contribution >= 0.6 is 0 Å². The van der Waals surface area contributed by atoms with Crippen molar-refractivity contribution in [2.24, 2.45) is 16.7 Å². The first-order chi connectivity index (χ1) is 12.6. The molecule has 0 N–H and O–H groups in total. The Labute approximate surface area is 175 Å². The highest BCUT2D eigenvalue weighted by Crippen LogP contribution is 2.41. The second-order valence-electron chi connectivity index (χ2n) is 12.1. The molecule has 0 saturated carbocycles. The number of nitrogens with zero attached hydrogens (tertiary/aromatic N) is 2. The largest absolute Gasteiger partial charge is 0.298 e. The van der Waals surface area contributed by atoms with Crippen LogP contribution < -0.4 is 0 Å². The lowest BCUT2D eigenvalue weighted by molar-refractivity contribution is 0.104. The molecule has 0 amide bonds. The molecule has 0 spiro atoms. The molecule has 2 rings (SSSR count). The molecule has 2 aliphatic heterocycles. The van der Waals surface area contributed by atoms with Gasteiger partial charge < -0.3 is 0 Å². The fourth-order valence-electron chi connectivity index (χ4n) is 5.10. The van der Waals surface area contributed by atoms with E-state index in [4.69, 9.17) is 0 Å². The summed E-state index contributed by atoms with van der Waals surface area (Å²) in [6.07, 6.45) is 4.06.